The molecule has 1 saturated heterocycles. The van der Waals surface area contributed by atoms with Gasteiger partial charge in [0, 0.05) is 18.0 Å². The zero-order valence-electron chi connectivity index (χ0n) is 16.9. The summed E-state index contributed by atoms with van der Waals surface area (Å²) in [5.41, 5.74) is -4.89. The third-order valence-electron chi connectivity index (χ3n) is 4.64. The minimum Gasteiger partial charge on any atom is -0.466 e. The number of nitro groups is 1. The lowest BCUT2D eigenvalue weighted by Crippen LogP contribution is -2.37. The van der Waals surface area contributed by atoms with Crippen molar-refractivity contribution in [2.75, 3.05) is 24.6 Å². The summed E-state index contributed by atoms with van der Waals surface area (Å²) in [6.45, 7) is 2.71. The Hall–Kier alpha value is -3.09. The van der Waals surface area contributed by atoms with Crippen LogP contribution in [0.15, 0.2) is 35.5 Å². The monoisotopic (exact) mass is 472 g/mol. The molecule has 1 fully saturated rings. The van der Waals surface area contributed by atoms with Gasteiger partial charge in [0.1, 0.15) is 12.1 Å². The third kappa shape index (κ3) is 5.99. The Morgan fingerprint density at radius 1 is 1.25 bits per heavy atom. The maximum atomic E-state index is 12.5. The lowest BCUT2D eigenvalue weighted by Gasteiger charge is -2.31. The zero-order chi connectivity index (χ0) is 23.3. The van der Waals surface area contributed by atoms with Crippen molar-refractivity contribution in [1.82, 2.24) is 9.97 Å². The molecule has 2 heterocycles. The number of alkyl halides is 3. The smallest absolute Gasteiger partial charge is 0.446 e. The van der Waals surface area contributed by atoms with Gasteiger partial charge in [-0.05, 0) is 55.8 Å². The molecule has 1 aromatic heterocycles. The zero-order valence-corrected chi connectivity index (χ0v) is 17.7. The molecule has 0 amide bonds. The highest BCUT2D eigenvalue weighted by atomic mass is 32.2. The molecule has 9 nitrogen and oxygen atoms in total. The number of anilines is 1. The van der Waals surface area contributed by atoms with Gasteiger partial charge in [-0.2, -0.15) is 18.2 Å². The molecule has 1 aromatic carbocycles. The minimum atomic E-state index is -4.43. The summed E-state index contributed by atoms with van der Waals surface area (Å²) in [5, 5.41) is 11.8. The van der Waals surface area contributed by atoms with E-state index in [1.54, 1.807) is 11.8 Å². The van der Waals surface area contributed by atoms with Gasteiger partial charge in [-0.25, -0.2) is 4.98 Å². The first kappa shape index (κ1) is 23.6. The molecular formula is C19H19F3N4O5S. The van der Waals surface area contributed by atoms with Crippen molar-refractivity contribution >= 4 is 29.2 Å². The van der Waals surface area contributed by atoms with E-state index in [-0.39, 0.29) is 52.6 Å². The molecule has 2 aromatic rings. The van der Waals surface area contributed by atoms with E-state index in [0.717, 1.165) is 6.33 Å². The van der Waals surface area contributed by atoms with Crippen LogP contribution in [0.1, 0.15) is 19.8 Å². The first-order valence-electron chi connectivity index (χ1n) is 9.62. The SMILES string of the molecule is CCOC(=O)C1CCN(c2ncnc(Oc3ccc(SC(F)(F)F)cc3)c2[N+](=O)[O-])CC1. The minimum absolute atomic E-state index is 0.0477. The fourth-order valence-electron chi connectivity index (χ4n) is 3.23. The largest absolute Gasteiger partial charge is 0.466 e. The van der Waals surface area contributed by atoms with Crippen LogP contribution in [0.25, 0.3) is 0 Å². The molecular weight excluding hydrogens is 453 g/mol. The quantitative estimate of drug-likeness (QED) is 0.248. The number of hydrogen-bond acceptors (Lipinski definition) is 9. The topological polar surface area (TPSA) is 108 Å². The summed E-state index contributed by atoms with van der Waals surface area (Å²) < 4.78 is 47.9. The fourth-order valence-corrected chi connectivity index (χ4v) is 3.77. The number of benzene rings is 1. The molecule has 3 rings (SSSR count). The first-order valence-corrected chi connectivity index (χ1v) is 10.4. The summed E-state index contributed by atoms with van der Waals surface area (Å²) >= 11 is -0.279. The van der Waals surface area contributed by atoms with Gasteiger partial charge >= 0.3 is 23.0 Å². The summed E-state index contributed by atoms with van der Waals surface area (Å²) in [6, 6.07) is 4.93. The molecule has 0 atom stereocenters. The molecule has 1 aliphatic heterocycles. The molecule has 172 valence electrons. The molecule has 13 heteroatoms. The van der Waals surface area contributed by atoms with Crippen molar-refractivity contribution in [1.29, 1.82) is 0 Å². The number of hydrogen-bond donors (Lipinski definition) is 0. The number of nitrogens with zero attached hydrogens (tertiary/aromatic N) is 4. The second-order valence-electron chi connectivity index (χ2n) is 6.74. The van der Waals surface area contributed by atoms with Gasteiger partial charge in [0.15, 0.2) is 0 Å². The van der Waals surface area contributed by atoms with Crippen LogP contribution in [-0.2, 0) is 9.53 Å². The van der Waals surface area contributed by atoms with Gasteiger partial charge in [-0.3, -0.25) is 14.9 Å². The first-order chi connectivity index (χ1) is 15.2. The molecule has 0 bridgehead atoms. The van der Waals surface area contributed by atoms with Crippen LogP contribution in [0, 0.1) is 16.0 Å². The van der Waals surface area contributed by atoms with Gasteiger partial charge < -0.3 is 14.4 Å². The number of halogens is 3. The molecule has 0 saturated carbocycles. The van der Waals surface area contributed by atoms with Gasteiger partial charge in [-0.1, -0.05) is 0 Å². The van der Waals surface area contributed by atoms with Crippen molar-refractivity contribution in [2.24, 2.45) is 5.92 Å². The number of rotatable bonds is 7. The van der Waals surface area contributed by atoms with Crippen LogP contribution in [0.5, 0.6) is 11.6 Å². The van der Waals surface area contributed by atoms with Crippen molar-refractivity contribution in [3.05, 3.63) is 40.7 Å². The van der Waals surface area contributed by atoms with E-state index in [1.165, 1.54) is 24.3 Å². The van der Waals surface area contributed by atoms with Crippen LogP contribution in [0.2, 0.25) is 0 Å². The summed E-state index contributed by atoms with van der Waals surface area (Å²) in [4.78, 5) is 32.5. The van der Waals surface area contributed by atoms with E-state index >= 15 is 0 Å². The Balaban J connectivity index is 1.77. The molecule has 0 aliphatic carbocycles. The number of ether oxygens (including phenoxy) is 2. The standard InChI is InChI=1S/C19H19F3N4O5S/c1-2-30-18(27)12-7-9-25(10-8-12)16-15(26(28)29)17(24-11-23-16)31-13-3-5-14(6-4-13)32-19(20,21)22/h3-6,11-12H,2,7-10H2,1H3. The highest BCUT2D eigenvalue weighted by molar-refractivity contribution is 8.00. The summed E-state index contributed by atoms with van der Waals surface area (Å²) in [5.74, 6) is -0.767. The number of esters is 1. The predicted molar refractivity (Wildman–Crippen MR) is 109 cm³/mol. The van der Waals surface area contributed by atoms with E-state index in [0.29, 0.717) is 25.9 Å². The summed E-state index contributed by atoms with van der Waals surface area (Å²) in [6.07, 6.45) is 2.02. The lowest BCUT2D eigenvalue weighted by atomic mass is 9.97. The van der Waals surface area contributed by atoms with Crippen molar-refractivity contribution in [2.45, 2.75) is 30.2 Å². The number of piperidine rings is 1. The average Bonchev–Trinajstić information content (AvgIpc) is 2.74. The molecule has 0 unspecified atom stereocenters. The maximum Gasteiger partial charge on any atom is 0.446 e. The van der Waals surface area contributed by atoms with Crippen molar-refractivity contribution in [3.63, 3.8) is 0 Å². The van der Waals surface area contributed by atoms with Crippen LogP contribution < -0.4 is 9.64 Å². The Morgan fingerprint density at radius 3 is 2.47 bits per heavy atom. The molecule has 0 spiro atoms. The Kier molecular flexibility index (Phi) is 7.38. The van der Waals surface area contributed by atoms with Gasteiger partial charge in [0.05, 0.1) is 17.4 Å². The molecule has 1 aliphatic rings. The van der Waals surface area contributed by atoms with E-state index in [9.17, 15) is 28.1 Å². The second kappa shape index (κ2) is 10.0. The third-order valence-corrected chi connectivity index (χ3v) is 5.38. The fraction of sp³-hybridized carbons (Fsp3) is 0.421. The van der Waals surface area contributed by atoms with Crippen LogP contribution >= 0.6 is 11.8 Å². The second-order valence-corrected chi connectivity index (χ2v) is 7.88. The van der Waals surface area contributed by atoms with Crippen LogP contribution in [0.3, 0.4) is 0 Å². The highest BCUT2D eigenvalue weighted by Gasteiger charge is 2.33. The van der Waals surface area contributed by atoms with Crippen molar-refractivity contribution in [3.8, 4) is 11.6 Å². The Morgan fingerprint density at radius 2 is 1.91 bits per heavy atom. The highest BCUT2D eigenvalue weighted by Crippen LogP contribution is 2.40. The van der Waals surface area contributed by atoms with E-state index < -0.39 is 16.1 Å². The van der Waals surface area contributed by atoms with E-state index in [2.05, 4.69) is 9.97 Å². The van der Waals surface area contributed by atoms with Gasteiger partial charge in [-0.15, -0.1) is 0 Å². The summed E-state index contributed by atoms with van der Waals surface area (Å²) in [7, 11) is 0. The number of carbonyl (C=O) groups excluding carboxylic acids is 1. The van der Waals surface area contributed by atoms with Crippen molar-refractivity contribution < 1.29 is 32.4 Å². The number of aromatic nitrogens is 2. The van der Waals surface area contributed by atoms with E-state index in [1.807, 2.05) is 0 Å². The number of carbonyl (C=O) groups is 1. The lowest BCUT2D eigenvalue weighted by molar-refractivity contribution is -0.385. The average molecular weight is 472 g/mol. The molecule has 0 N–H and O–H groups in total. The normalized spacial score (nSPS) is 14.8. The Labute approximate surface area is 185 Å². The molecule has 0 radical (unpaired) electrons. The van der Waals surface area contributed by atoms with Gasteiger partial charge in [0.2, 0.25) is 5.82 Å². The Bertz CT molecular complexity index is 966. The van der Waals surface area contributed by atoms with E-state index in [4.69, 9.17) is 9.47 Å². The molecule has 32 heavy (non-hydrogen) atoms. The predicted octanol–water partition coefficient (Wildman–Crippen LogP) is 4.57. The van der Waals surface area contributed by atoms with Crippen LogP contribution in [0.4, 0.5) is 24.7 Å². The van der Waals surface area contributed by atoms with Crippen LogP contribution in [-0.4, -0.2) is 46.1 Å². The van der Waals surface area contributed by atoms with Gasteiger partial charge in [0.25, 0.3) is 0 Å². The maximum absolute atomic E-state index is 12.5. The number of thioether (sulfide) groups is 1.